The van der Waals surface area contributed by atoms with Gasteiger partial charge in [0, 0.05) is 18.8 Å². The highest BCUT2D eigenvalue weighted by molar-refractivity contribution is 7.79. The molecule has 1 aromatic carbocycles. The van der Waals surface area contributed by atoms with Crippen molar-refractivity contribution in [1.29, 1.82) is 0 Å². The Balaban J connectivity index is 2.00. The Labute approximate surface area is 110 Å². The molecule has 0 aromatic heterocycles. The molecule has 0 radical (unpaired) electrons. The summed E-state index contributed by atoms with van der Waals surface area (Å²) in [6, 6.07) is 9.84. The molecule has 0 N–H and O–H groups in total. The molecule has 2 rings (SSSR count). The molecule has 1 aliphatic heterocycles. The molecule has 1 aromatic rings. The lowest BCUT2D eigenvalue weighted by atomic mass is 10.1. The maximum atomic E-state index is 11.0. The van der Waals surface area contributed by atoms with Crippen molar-refractivity contribution in [2.24, 2.45) is 0 Å². The molecule has 0 bridgehead atoms. The van der Waals surface area contributed by atoms with E-state index >= 15 is 0 Å². The topological polar surface area (TPSA) is 52.6 Å². The summed E-state index contributed by atoms with van der Waals surface area (Å²) in [4.78, 5) is 2.11. The van der Waals surface area contributed by atoms with Crippen LogP contribution in [0.25, 0.3) is 0 Å². The molecule has 1 aliphatic rings. The fourth-order valence-electron chi connectivity index (χ4n) is 2.35. The Morgan fingerprint density at radius 3 is 2.72 bits per heavy atom. The summed E-state index contributed by atoms with van der Waals surface area (Å²) in [5.41, 5.74) is 0.528. The normalized spacial score (nSPS) is 26.3. The van der Waals surface area contributed by atoms with Crippen molar-refractivity contribution in [3.8, 4) is 0 Å². The molecule has 0 aliphatic carbocycles. The number of likely N-dealkylation sites (tertiary alicyclic amines) is 1. The van der Waals surface area contributed by atoms with Gasteiger partial charge in [-0.1, -0.05) is 41.4 Å². The van der Waals surface area contributed by atoms with Crippen LogP contribution in [0, 0.1) is 0 Å². The van der Waals surface area contributed by atoms with Gasteiger partial charge < -0.3 is 14.2 Å². The molecule has 1 heterocycles. The molecule has 1 saturated heterocycles. The Morgan fingerprint density at radius 2 is 2.17 bits per heavy atom. The molecule has 2 atom stereocenters. The average molecular weight is 268 g/mol. The van der Waals surface area contributed by atoms with E-state index in [-0.39, 0.29) is 5.75 Å². The van der Waals surface area contributed by atoms with E-state index in [1.807, 2.05) is 37.4 Å². The number of hydrogen-bond acceptors (Lipinski definition) is 4. The van der Waals surface area contributed by atoms with E-state index in [0.29, 0.717) is 13.2 Å². The molecular weight excluding hydrogens is 250 g/mol. The van der Waals surface area contributed by atoms with Crippen molar-refractivity contribution in [3.05, 3.63) is 35.9 Å². The first-order valence-corrected chi connectivity index (χ1v) is 7.26. The number of hydrogen-bond donors (Lipinski definition) is 0. The molecule has 0 spiro atoms. The minimum atomic E-state index is -2.07. The number of nitrogens with zero attached hydrogens (tertiary/aromatic N) is 1. The van der Waals surface area contributed by atoms with Crippen molar-refractivity contribution >= 4 is 11.1 Å². The second-order valence-corrected chi connectivity index (χ2v) is 5.79. The van der Waals surface area contributed by atoms with Crippen LogP contribution in [-0.4, -0.2) is 45.2 Å². The van der Waals surface area contributed by atoms with Crippen LogP contribution in [-0.2, 0) is 22.4 Å². The summed E-state index contributed by atoms with van der Waals surface area (Å²) in [7, 11) is 1.99. The maximum Gasteiger partial charge on any atom is 0.0928 e. The van der Waals surface area contributed by atoms with Crippen LogP contribution in [0.5, 0.6) is 0 Å². The van der Waals surface area contributed by atoms with Gasteiger partial charge in [0.05, 0.1) is 12.2 Å². The third-order valence-electron chi connectivity index (χ3n) is 3.28. The second kappa shape index (κ2) is 5.93. The fourth-order valence-corrected chi connectivity index (χ4v) is 3.10. The van der Waals surface area contributed by atoms with E-state index < -0.39 is 16.7 Å². The maximum absolute atomic E-state index is 11.0. The summed E-state index contributed by atoms with van der Waals surface area (Å²) in [5, 5.41) is 0. The fraction of sp³-hybridized carbons (Fsp3) is 0.538. The van der Waals surface area contributed by atoms with Crippen LogP contribution in [0.1, 0.15) is 12.0 Å². The predicted molar refractivity (Wildman–Crippen MR) is 69.9 cm³/mol. The van der Waals surface area contributed by atoms with Crippen LogP contribution < -0.4 is 0 Å². The highest BCUT2D eigenvalue weighted by atomic mass is 32.2. The van der Waals surface area contributed by atoms with Gasteiger partial charge in [0.1, 0.15) is 0 Å². The monoisotopic (exact) mass is 268 g/mol. The molecule has 5 heteroatoms. The van der Waals surface area contributed by atoms with Gasteiger partial charge in [0.25, 0.3) is 0 Å². The summed E-state index contributed by atoms with van der Waals surface area (Å²) >= 11 is -2.07. The zero-order chi connectivity index (χ0) is 13.0. The third-order valence-corrected chi connectivity index (χ3v) is 4.04. The third kappa shape index (κ3) is 3.62. The van der Waals surface area contributed by atoms with Crippen molar-refractivity contribution in [3.63, 3.8) is 0 Å². The van der Waals surface area contributed by atoms with E-state index in [9.17, 15) is 8.76 Å². The summed E-state index contributed by atoms with van der Waals surface area (Å²) in [5.74, 6) is 0.0736. The van der Waals surface area contributed by atoms with Gasteiger partial charge >= 0.3 is 0 Å². The highest BCUT2D eigenvalue weighted by Crippen LogP contribution is 2.26. The first-order chi connectivity index (χ1) is 8.60. The van der Waals surface area contributed by atoms with Crippen LogP contribution >= 0.6 is 0 Å². The predicted octanol–water partition coefficient (Wildman–Crippen LogP) is 1.16. The van der Waals surface area contributed by atoms with Crippen molar-refractivity contribution < 1.29 is 13.5 Å². The lowest BCUT2D eigenvalue weighted by Gasteiger charge is -2.30. The summed E-state index contributed by atoms with van der Waals surface area (Å²) in [6.07, 6.45) is 0.768. The summed E-state index contributed by atoms with van der Waals surface area (Å²) in [6.45, 7) is 2.02. The largest absolute Gasteiger partial charge is 0.772 e. The van der Waals surface area contributed by atoms with Crippen molar-refractivity contribution in [2.75, 3.05) is 25.9 Å². The van der Waals surface area contributed by atoms with Crippen LogP contribution in [0.15, 0.2) is 30.3 Å². The average Bonchev–Trinajstić information content (AvgIpc) is 2.69. The van der Waals surface area contributed by atoms with Gasteiger partial charge in [-0.15, -0.1) is 0 Å². The number of benzene rings is 1. The van der Waals surface area contributed by atoms with Gasteiger partial charge in [-0.05, 0) is 19.0 Å². The Morgan fingerprint density at radius 1 is 1.44 bits per heavy atom. The van der Waals surface area contributed by atoms with Gasteiger partial charge in [-0.2, -0.15) is 0 Å². The Kier molecular flexibility index (Phi) is 4.50. The van der Waals surface area contributed by atoms with E-state index in [4.69, 9.17) is 4.74 Å². The van der Waals surface area contributed by atoms with E-state index in [2.05, 4.69) is 4.90 Å². The number of ether oxygens (including phenoxy) is 1. The SMILES string of the molecule is CN1CCC(CS(=O)[O-])(OCc2ccccc2)C1. The quantitative estimate of drug-likeness (QED) is 0.752. The Bertz CT molecular complexity index is 412. The molecular formula is C13H18NO3S-. The number of likely N-dealkylation sites (N-methyl/N-ethyl adjacent to an activating group) is 1. The van der Waals surface area contributed by atoms with E-state index in [1.54, 1.807) is 0 Å². The molecule has 2 unspecified atom stereocenters. The smallest absolute Gasteiger partial charge is 0.0928 e. The molecule has 100 valence electrons. The standard InChI is InChI=1S/C13H19NO3S/c1-14-8-7-13(10-14,11-18(15)16)17-9-12-5-3-2-4-6-12/h2-6H,7-11H2,1H3,(H,15,16)/p-1. The van der Waals surface area contributed by atoms with E-state index in [1.165, 1.54) is 0 Å². The highest BCUT2D eigenvalue weighted by Gasteiger charge is 2.37. The zero-order valence-corrected chi connectivity index (χ0v) is 11.3. The summed E-state index contributed by atoms with van der Waals surface area (Å²) < 4.78 is 27.9. The van der Waals surface area contributed by atoms with Crippen LogP contribution in [0.2, 0.25) is 0 Å². The van der Waals surface area contributed by atoms with Crippen LogP contribution in [0.4, 0.5) is 0 Å². The van der Waals surface area contributed by atoms with E-state index in [0.717, 1.165) is 18.5 Å². The molecule has 0 saturated carbocycles. The minimum absolute atomic E-state index is 0.0736. The molecule has 0 amide bonds. The van der Waals surface area contributed by atoms with Crippen molar-refractivity contribution in [1.82, 2.24) is 4.90 Å². The first kappa shape index (κ1) is 13.7. The van der Waals surface area contributed by atoms with Gasteiger partial charge in [0.2, 0.25) is 0 Å². The molecule has 18 heavy (non-hydrogen) atoms. The number of rotatable bonds is 5. The lowest BCUT2D eigenvalue weighted by molar-refractivity contribution is -0.0310. The second-order valence-electron chi connectivity index (χ2n) is 4.89. The minimum Gasteiger partial charge on any atom is -0.772 e. The van der Waals surface area contributed by atoms with Gasteiger partial charge in [-0.3, -0.25) is 4.21 Å². The van der Waals surface area contributed by atoms with Gasteiger partial charge in [-0.25, -0.2) is 0 Å². The van der Waals surface area contributed by atoms with Crippen LogP contribution in [0.3, 0.4) is 0 Å². The Hall–Kier alpha value is -0.750. The molecule has 4 nitrogen and oxygen atoms in total. The zero-order valence-electron chi connectivity index (χ0n) is 10.5. The first-order valence-electron chi connectivity index (χ1n) is 6.02. The molecule has 1 fully saturated rings. The van der Waals surface area contributed by atoms with Crippen molar-refractivity contribution in [2.45, 2.75) is 18.6 Å². The lowest BCUT2D eigenvalue weighted by Crippen LogP contribution is -2.40. The van der Waals surface area contributed by atoms with Gasteiger partial charge in [0.15, 0.2) is 0 Å².